The minimum Gasteiger partial charge on any atom is -0.495 e. The Morgan fingerprint density at radius 1 is 1.07 bits per heavy atom. The molecule has 6 nitrogen and oxygen atoms in total. The molecule has 7 heteroatoms. The maximum atomic E-state index is 5.86. The second-order valence-corrected chi connectivity index (χ2v) is 7.19. The lowest BCUT2D eigenvalue weighted by Gasteiger charge is -2.29. The molecule has 0 aliphatic carbocycles. The van der Waals surface area contributed by atoms with E-state index >= 15 is 0 Å². The first kappa shape index (κ1) is 21.2. The maximum Gasteiger partial charge on any atom is 0.173 e. The van der Waals surface area contributed by atoms with Crippen LogP contribution in [0.25, 0.3) is 0 Å². The van der Waals surface area contributed by atoms with Crippen molar-refractivity contribution in [3.8, 4) is 17.2 Å². The fraction of sp³-hybridized carbons (Fsp3) is 0.409. The minimum absolute atomic E-state index is 0.157. The first-order chi connectivity index (χ1) is 14.2. The number of nitrogens with zero attached hydrogens (tertiary/aromatic N) is 1. The highest BCUT2D eigenvalue weighted by molar-refractivity contribution is 7.80. The van der Waals surface area contributed by atoms with Crippen LogP contribution in [0.4, 0.5) is 5.69 Å². The van der Waals surface area contributed by atoms with Gasteiger partial charge in [-0.1, -0.05) is 24.3 Å². The summed E-state index contributed by atoms with van der Waals surface area (Å²) in [5.41, 5.74) is 1.82. The summed E-state index contributed by atoms with van der Waals surface area (Å²) in [7, 11) is 4.94. The van der Waals surface area contributed by atoms with E-state index in [4.69, 9.17) is 31.2 Å². The standard InChI is InChI=1S/C22H28N2O4S/c1-25-19-11-5-4-10-18(19)23-22(29)24(15-17-9-7-13-28-17)14-16-8-6-12-20(26-2)21(16)27-3/h4-6,8,10-12,17H,7,9,13-15H2,1-3H3,(H,23,29)/t17-/m0/s1. The molecule has 1 saturated heterocycles. The minimum atomic E-state index is 0.157. The summed E-state index contributed by atoms with van der Waals surface area (Å²) < 4.78 is 22.4. The molecule has 0 unspecified atom stereocenters. The van der Waals surface area contributed by atoms with Gasteiger partial charge in [0.05, 0.1) is 33.1 Å². The van der Waals surface area contributed by atoms with Gasteiger partial charge >= 0.3 is 0 Å². The van der Waals surface area contributed by atoms with Gasteiger partial charge in [0.2, 0.25) is 0 Å². The molecule has 0 radical (unpaired) electrons. The molecule has 156 valence electrons. The van der Waals surface area contributed by atoms with E-state index in [0.717, 1.165) is 36.4 Å². The first-order valence-corrected chi connectivity index (χ1v) is 10.1. The van der Waals surface area contributed by atoms with Crippen molar-refractivity contribution in [1.82, 2.24) is 4.90 Å². The van der Waals surface area contributed by atoms with Gasteiger partial charge in [0.1, 0.15) is 5.75 Å². The zero-order valence-corrected chi connectivity index (χ0v) is 18.0. The Morgan fingerprint density at radius 3 is 2.52 bits per heavy atom. The van der Waals surface area contributed by atoms with E-state index in [9.17, 15) is 0 Å². The van der Waals surface area contributed by atoms with Crippen molar-refractivity contribution in [3.05, 3.63) is 48.0 Å². The smallest absolute Gasteiger partial charge is 0.173 e. The van der Waals surface area contributed by atoms with Crippen molar-refractivity contribution in [3.63, 3.8) is 0 Å². The Balaban J connectivity index is 1.83. The number of hydrogen-bond acceptors (Lipinski definition) is 5. The summed E-state index contributed by atoms with van der Waals surface area (Å²) in [4.78, 5) is 2.11. The number of rotatable bonds is 8. The Labute approximate surface area is 177 Å². The molecule has 1 heterocycles. The predicted molar refractivity (Wildman–Crippen MR) is 118 cm³/mol. The van der Waals surface area contributed by atoms with Crippen LogP contribution in [0, 0.1) is 0 Å². The molecule has 2 aromatic rings. The van der Waals surface area contributed by atoms with Gasteiger partial charge in [0.15, 0.2) is 16.6 Å². The van der Waals surface area contributed by atoms with E-state index in [1.807, 2.05) is 42.5 Å². The van der Waals surface area contributed by atoms with E-state index in [1.54, 1.807) is 21.3 Å². The van der Waals surface area contributed by atoms with Gasteiger partial charge in [-0.2, -0.15) is 0 Å². The van der Waals surface area contributed by atoms with Crippen LogP contribution in [0.3, 0.4) is 0 Å². The molecular formula is C22H28N2O4S. The molecule has 1 N–H and O–H groups in total. The van der Waals surface area contributed by atoms with Crippen molar-refractivity contribution in [2.75, 3.05) is 39.8 Å². The number of hydrogen-bond donors (Lipinski definition) is 1. The number of para-hydroxylation sites is 3. The van der Waals surface area contributed by atoms with Crippen LogP contribution in [0.1, 0.15) is 18.4 Å². The van der Waals surface area contributed by atoms with Gasteiger partial charge < -0.3 is 29.2 Å². The monoisotopic (exact) mass is 416 g/mol. The third kappa shape index (κ3) is 5.31. The second-order valence-electron chi connectivity index (χ2n) is 6.80. The average molecular weight is 417 g/mol. The number of benzene rings is 2. The molecule has 1 fully saturated rings. The fourth-order valence-corrected chi connectivity index (χ4v) is 3.73. The third-order valence-electron chi connectivity index (χ3n) is 4.93. The van der Waals surface area contributed by atoms with Gasteiger partial charge in [0.25, 0.3) is 0 Å². The van der Waals surface area contributed by atoms with E-state index < -0.39 is 0 Å². The van der Waals surface area contributed by atoms with E-state index in [2.05, 4.69) is 10.2 Å². The predicted octanol–water partition coefficient (Wildman–Crippen LogP) is 4.09. The van der Waals surface area contributed by atoms with Gasteiger partial charge in [0, 0.05) is 25.3 Å². The van der Waals surface area contributed by atoms with E-state index in [0.29, 0.717) is 29.7 Å². The Morgan fingerprint density at radius 2 is 1.83 bits per heavy atom. The highest BCUT2D eigenvalue weighted by atomic mass is 32.1. The Bertz CT molecular complexity index is 824. The lowest BCUT2D eigenvalue weighted by Crippen LogP contribution is -2.39. The van der Waals surface area contributed by atoms with Gasteiger partial charge in [-0.15, -0.1) is 0 Å². The normalized spacial score (nSPS) is 15.6. The Hall–Kier alpha value is -2.51. The number of nitrogens with one attached hydrogen (secondary N) is 1. The van der Waals surface area contributed by atoms with E-state index in [-0.39, 0.29) is 6.10 Å². The fourth-order valence-electron chi connectivity index (χ4n) is 3.48. The quantitative estimate of drug-likeness (QED) is 0.651. The van der Waals surface area contributed by atoms with Crippen molar-refractivity contribution in [2.24, 2.45) is 0 Å². The molecule has 1 aliphatic heterocycles. The van der Waals surface area contributed by atoms with Gasteiger partial charge in [-0.3, -0.25) is 0 Å². The summed E-state index contributed by atoms with van der Waals surface area (Å²) in [5.74, 6) is 2.16. The van der Waals surface area contributed by atoms with Crippen LogP contribution >= 0.6 is 12.2 Å². The lowest BCUT2D eigenvalue weighted by atomic mass is 10.1. The highest BCUT2D eigenvalue weighted by Crippen LogP contribution is 2.32. The largest absolute Gasteiger partial charge is 0.495 e. The molecule has 3 rings (SSSR count). The summed E-state index contributed by atoms with van der Waals surface area (Å²) in [6.07, 6.45) is 2.26. The van der Waals surface area contributed by atoms with Crippen LogP contribution in [0.2, 0.25) is 0 Å². The highest BCUT2D eigenvalue weighted by Gasteiger charge is 2.23. The molecular weight excluding hydrogens is 388 g/mol. The SMILES string of the molecule is COc1ccccc1NC(=S)N(Cc1cccc(OC)c1OC)C[C@@H]1CCCO1. The molecule has 0 spiro atoms. The molecule has 0 saturated carbocycles. The maximum absolute atomic E-state index is 5.86. The van der Waals surface area contributed by atoms with Crippen molar-refractivity contribution in [1.29, 1.82) is 0 Å². The zero-order valence-electron chi connectivity index (χ0n) is 17.1. The van der Waals surface area contributed by atoms with Crippen LogP contribution in [0.5, 0.6) is 17.2 Å². The average Bonchev–Trinajstić information content (AvgIpc) is 3.26. The number of thiocarbonyl (C=S) groups is 1. The van der Waals surface area contributed by atoms with Gasteiger partial charge in [-0.25, -0.2) is 0 Å². The second kappa shape index (κ2) is 10.3. The van der Waals surface area contributed by atoms with Crippen LogP contribution in [-0.2, 0) is 11.3 Å². The van der Waals surface area contributed by atoms with Crippen LogP contribution < -0.4 is 19.5 Å². The summed E-state index contributed by atoms with van der Waals surface area (Å²) in [6, 6.07) is 13.6. The lowest BCUT2D eigenvalue weighted by molar-refractivity contribution is 0.0903. The van der Waals surface area contributed by atoms with E-state index in [1.165, 1.54) is 0 Å². The number of methoxy groups -OCH3 is 3. The zero-order chi connectivity index (χ0) is 20.6. The molecule has 0 aromatic heterocycles. The molecule has 29 heavy (non-hydrogen) atoms. The van der Waals surface area contributed by atoms with Crippen molar-refractivity contribution >= 4 is 23.0 Å². The molecule has 1 atom stereocenters. The van der Waals surface area contributed by atoms with Crippen LogP contribution in [-0.4, -0.2) is 50.6 Å². The summed E-state index contributed by atoms with van der Waals surface area (Å²) >= 11 is 5.77. The molecule has 1 aliphatic rings. The molecule has 2 aromatic carbocycles. The summed E-state index contributed by atoms with van der Waals surface area (Å²) in [6.45, 7) is 2.07. The number of anilines is 1. The van der Waals surface area contributed by atoms with Crippen LogP contribution in [0.15, 0.2) is 42.5 Å². The number of ether oxygens (including phenoxy) is 4. The van der Waals surface area contributed by atoms with Crippen molar-refractivity contribution < 1.29 is 18.9 Å². The molecule has 0 bridgehead atoms. The topological polar surface area (TPSA) is 52.2 Å². The third-order valence-corrected chi connectivity index (χ3v) is 5.29. The molecule has 0 amide bonds. The summed E-state index contributed by atoms with van der Waals surface area (Å²) in [5, 5.41) is 3.93. The first-order valence-electron chi connectivity index (χ1n) is 9.66. The Kier molecular flexibility index (Phi) is 7.55. The van der Waals surface area contributed by atoms with Gasteiger partial charge in [-0.05, 0) is 43.3 Å². The van der Waals surface area contributed by atoms with Crippen molar-refractivity contribution in [2.45, 2.75) is 25.5 Å².